The van der Waals surface area contributed by atoms with Crippen LogP contribution in [0.5, 0.6) is 5.75 Å². The first-order chi connectivity index (χ1) is 11.6. The molecule has 24 heavy (non-hydrogen) atoms. The Morgan fingerprint density at radius 3 is 2.25 bits per heavy atom. The summed E-state index contributed by atoms with van der Waals surface area (Å²) in [5, 5.41) is 4.08. The van der Waals surface area contributed by atoms with E-state index in [9.17, 15) is 8.78 Å². The molecule has 3 rings (SSSR count). The lowest BCUT2D eigenvalue weighted by atomic mass is 10.1. The van der Waals surface area contributed by atoms with Gasteiger partial charge < -0.3 is 4.74 Å². The smallest absolute Gasteiger partial charge is 0.282 e. The summed E-state index contributed by atoms with van der Waals surface area (Å²) in [6.45, 7) is 0. The van der Waals surface area contributed by atoms with Crippen LogP contribution in [0.3, 0.4) is 0 Å². The molecule has 0 aliphatic rings. The Hall–Kier alpha value is -2.34. The third-order valence-electron chi connectivity index (χ3n) is 3.65. The van der Waals surface area contributed by atoms with Crippen molar-refractivity contribution in [2.75, 3.05) is 13.4 Å². The van der Waals surface area contributed by atoms with E-state index >= 15 is 0 Å². The highest BCUT2D eigenvalue weighted by Crippen LogP contribution is 2.30. The molecule has 0 saturated carbocycles. The quantitative estimate of drug-likeness (QED) is 0.594. The minimum atomic E-state index is -2.62. The third-order valence-corrected chi connectivity index (χ3v) is 4.40. The number of benzene rings is 2. The highest BCUT2D eigenvalue weighted by molar-refractivity contribution is 7.98. The highest BCUT2D eigenvalue weighted by atomic mass is 32.2. The zero-order valence-electron chi connectivity index (χ0n) is 13.2. The van der Waals surface area contributed by atoms with Crippen LogP contribution in [0.4, 0.5) is 8.78 Å². The lowest BCUT2D eigenvalue weighted by Gasteiger charge is -2.09. The Bertz CT molecular complexity index is 749. The summed E-state index contributed by atoms with van der Waals surface area (Å²) in [4.78, 5) is 1.11. The molecule has 0 spiro atoms. The Kier molecular flexibility index (Phi) is 4.85. The van der Waals surface area contributed by atoms with E-state index in [1.807, 2.05) is 30.5 Å². The van der Waals surface area contributed by atoms with Gasteiger partial charge in [0.2, 0.25) is 0 Å². The van der Waals surface area contributed by atoms with Gasteiger partial charge in [0.1, 0.15) is 11.4 Å². The van der Waals surface area contributed by atoms with Gasteiger partial charge in [-0.1, -0.05) is 12.1 Å². The van der Waals surface area contributed by atoms with E-state index in [1.54, 1.807) is 43.1 Å². The number of nitrogens with zero attached hydrogens (tertiary/aromatic N) is 2. The van der Waals surface area contributed by atoms with Crippen LogP contribution in [-0.4, -0.2) is 23.1 Å². The molecule has 1 heterocycles. The van der Waals surface area contributed by atoms with Crippen LogP contribution in [0.15, 0.2) is 59.5 Å². The van der Waals surface area contributed by atoms with E-state index < -0.39 is 6.43 Å². The van der Waals surface area contributed by atoms with Gasteiger partial charge in [0.05, 0.1) is 18.5 Å². The molecule has 0 amide bonds. The lowest BCUT2D eigenvalue weighted by molar-refractivity contribution is 0.145. The Morgan fingerprint density at radius 2 is 1.71 bits per heavy atom. The van der Waals surface area contributed by atoms with E-state index in [1.165, 1.54) is 10.7 Å². The van der Waals surface area contributed by atoms with Crippen molar-refractivity contribution < 1.29 is 13.5 Å². The van der Waals surface area contributed by atoms with Crippen LogP contribution in [-0.2, 0) is 0 Å². The normalized spacial score (nSPS) is 11.0. The van der Waals surface area contributed by atoms with Crippen molar-refractivity contribution in [3.8, 4) is 22.7 Å². The van der Waals surface area contributed by atoms with Gasteiger partial charge in [-0.2, -0.15) is 5.10 Å². The van der Waals surface area contributed by atoms with Crippen molar-refractivity contribution in [1.29, 1.82) is 0 Å². The first-order valence-electron chi connectivity index (χ1n) is 7.29. The van der Waals surface area contributed by atoms with Gasteiger partial charge in [0, 0.05) is 10.5 Å². The molecule has 0 aliphatic heterocycles. The predicted octanol–water partition coefficient (Wildman–Crippen LogP) is 5.21. The van der Waals surface area contributed by atoms with Crippen LogP contribution >= 0.6 is 11.8 Å². The number of hydrogen-bond acceptors (Lipinski definition) is 3. The van der Waals surface area contributed by atoms with Crippen molar-refractivity contribution in [3.63, 3.8) is 0 Å². The van der Waals surface area contributed by atoms with Gasteiger partial charge in [0.15, 0.2) is 0 Å². The molecular formula is C18H16F2N2OS. The number of ether oxygens (including phenoxy) is 1. The number of rotatable bonds is 5. The monoisotopic (exact) mass is 346 g/mol. The third kappa shape index (κ3) is 3.28. The number of halogens is 2. The van der Waals surface area contributed by atoms with E-state index in [-0.39, 0.29) is 5.69 Å². The average molecular weight is 346 g/mol. The molecule has 6 heteroatoms. The summed E-state index contributed by atoms with van der Waals surface area (Å²) in [6.07, 6.45) is -0.625. The molecule has 3 aromatic rings. The summed E-state index contributed by atoms with van der Waals surface area (Å²) < 4.78 is 32.9. The molecule has 0 radical (unpaired) electrons. The minimum absolute atomic E-state index is 0.241. The molecular weight excluding hydrogens is 330 g/mol. The molecule has 1 aromatic heterocycles. The molecule has 0 unspecified atom stereocenters. The topological polar surface area (TPSA) is 27.1 Å². The van der Waals surface area contributed by atoms with Crippen molar-refractivity contribution in [1.82, 2.24) is 9.78 Å². The number of methoxy groups -OCH3 is 1. The Morgan fingerprint density at radius 1 is 1.04 bits per heavy atom. The zero-order chi connectivity index (χ0) is 17.1. The van der Waals surface area contributed by atoms with Crippen molar-refractivity contribution in [3.05, 3.63) is 60.3 Å². The highest BCUT2D eigenvalue weighted by Gasteiger charge is 2.17. The standard InChI is InChI=1S/C18H16F2N2OS/c1-23-14-7-5-13(6-8-14)22-17(11-16(21-22)18(19)20)12-3-9-15(24-2)10-4-12/h3-11,18H,1-2H3. The van der Waals surface area contributed by atoms with E-state index in [4.69, 9.17) is 4.74 Å². The molecule has 0 fully saturated rings. The largest absolute Gasteiger partial charge is 0.497 e. The number of aromatic nitrogens is 2. The fourth-order valence-corrected chi connectivity index (χ4v) is 2.80. The molecule has 2 aromatic carbocycles. The molecule has 124 valence electrons. The van der Waals surface area contributed by atoms with E-state index in [0.29, 0.717) is 17.1 Å². The summed E-state index contributed by atoms with van der Waals surface area (Å²) in [5.41, 5.74) is 1.92. The van der Waals surface area contributed by atoms with Gasteiger partial charge in [-0.15, -0.1) is 11.8 Å². The minimum Gasteiger partial charge on any atom is -0.497 e. The number of alkyl halides is 2. The molecule has 3 nitrogen and oxygen atoms in total. The summed E-state index contributed by atoms with van der Waals surface area (Å²) >= 11 is 1.63. The van der Waals surface area contributed by atoms with Crippen molar-refractivity contribution in [2.45, 2.75) is 11.3 Å². The van der Waals surface area contributed by atoms with Crippen LogP contribution in [0, 0.1) is 0 Å². The fraction of sp³-hybridized carbons (Fsp3) is 0.167. The Labute approximate surface area is 143 Å². The predicted molar refractivity (Wildman–Crippen MR) is 92.3 cm³/mol. The van der Waals surface area contributed by atoms with E-state index in [2.05, 4.69) is 5.10 Å². The maximum Gasteiger partial charge on any atom is 0.282 e. The summed E-state index contributed by atoms with van der Waals surface area (Å²) in [7, 11) is 1.58. The first-order valence-corrected chi connectivity index (χ1v) is 8.52. The second-order valence-electron chi connectivity index (χ2n) is 5.09. The van der Waals surface area contributed by atoms with Gasteiger partial charge >= 0.3 is 0 Å². The SMILES string of the molecule is COc1ccc(-n2nc(C(F)F)cc2-c2ccc(SC)cc2)cc1. The van der Waals surface area contributed by atoms with Crippen molar-refractivity contribution >= 4 is 11.8 Å². The van der Waals surface area contributed by atoms with Crippen LogP contribution in [0.2, 0.25) is 0 Å². The number of thioether (sulfide) groups is 1. The number of hydrogen-bond donors (Lipinski definition) is 0. The molecule has 0 aliphatic carbocycles. The summed E-state index contributed by atoms with van der Waals surface area (Å²) in [5.74, 6) is 0.700. The molecule has 0 atom stereocenters. The first kappa shape index (κ1) is 16.5. The zero-order valence-corrected chi connectivity index (χ0v) is 14.1. The van der Waals surface area contributed by atoms with Gasteiger partial charge in [-0.25, -0.2) is 13.5 Å². The Balaban J connectivity index is 2.09. The lowest BCUT2D eigenvalue weighted by Crippen LogP contribution is -2.00. The van der Waals surface area contributed by atoms with Gasteiger partial charge in [-0.3, -0.25) is 0 Å². The van der Waals surface area contributed by atoms with Gasteiger partial charge in [-0.05, 0) is 48.7 Å². The second-order valence-corrected chi connectivity index (χ2v) is 5.97. The molecule has 0 saturated heterocycles. The molecule has 0 bridgehead atoms. The molecule has 0 N–H and O–H groups in total. The second kappa shape index (κ2) is 7.05. The fourth-order valence-electron chi connectivity index (χ4n) is 2.39. The summed E-state index contributed by atoms with van der Waals surface area (Å²) in [6, 6.07) is 16.3. The maximum atomic E-state index is 13.1. The average Bonchev–Trinajstić information content (AvgIpc) is 3.07. The maximum absolute atomic E-state index is 13.1. The van der Waals surface area contributed by atoms with Crippen molar-refractivity contribution in [2.24, 2.45) is 0 Å². The van der Waals surface area contributed by atoms with Crippen LogP contribution < -0.4 is 4.74 Å². The van der Waals surface area contributed by atoms with Crippen LogP contribution in [0.1, 0.15) is 12.1 Å². The van der Waals surface area contributed by atoms with Crippen LogP contribution in [0.25, 0.3) is 16.9 Å². The van der Waals surface area contributed by atoms with Gasteiger partial charge in [0.25, 0.3) is 6.43 Å². The van der Waals surface area contributed by atoms with E-state index in [0.717, 1.165) is 10.5 Å².